The molecule has 1 heterocycles. The molecule has 10 heteroatoms. The van der Waals surface area contributed by atoms with Crippen LogP contribution in [0.1, 0.15) is 31.5 Å². The molecule has 8 nitrogen and oxygen atoms in total. The van der Waals surface area contributed by atoms with Gasteiger partial charge in [0.25, 0.3) is 0 Å². The van der Waals surface area contributed by atoms with Gasteiger partial charge in [0.1, 0.15) is 11.6 Å². The Bertz CT molecular complexity index is 1090. The highest BCUT2D eigenvalue weighted by molar-refractivity contribution is 6.33. The molecule has 1 aromatic heterocycles. The van der Waals surface area contributed by atoms with E-state index in [0.29, 0.717) is 16.8 Å². The van der Waals surface area contributed by atoms with Gasteiger partial charge in [-0.15, -0.1) is 5.10 Å². The van der Waals surface area contributed by atoms with Crippen LogP contribution in [-0.4, -0.2) is 44.1 Å². The Balaban J connectivity index is 1.75. The van der Waals surface area contributed by atoms with Crippen molar-refractivity contribution in [3.63, 3.8) is 0 Å². The van der Waals surface area contributed by atoms with Crippen molar-refractivity contribution in [2.45, 2.75) is 31.7 Å². The quantitative estimate of drug-likeness (QED) is 0.619. The largest absolute Gasteiger partial charge is 0.412 e. The van der Waals surface area contributed by atoms with Gasteiger partial charge in [-0.1, -0.05) is 11.6 Å². The first kappa shape index (κ1) is 20.2. The normalized spacial score (nSPS) is 14.4. The van der Waals surface area contributed by atoms with Gasteiger partial charge in [-0.05, 0) is 66.1 Å². The second-order valence-corrected chi connectivity index (χ2v) is 7.59. The number of aliphatic hydroxyl groups is 1. The van der Waals surface area contributed by atoms with Crippen LogP contribution in [-0.2, 0) is 0 Å². The van der Waals surface area contributed by atoms with Crippen molar-refractivity contribution >= 4 is 17.7 Å². The van der Waals surface area contributed by atoms with E-state index >= 15 is 0 Å². The molecule has 156 valence electrons. The van der Waals surface area contributed by atoms with Crippen LogP contribution in [0.25, 0.3) is 16.8 Å². The zero-order chi connectivity index (χ0) is 21.3. The van der Waals surface area contributed by atoms with E-state index in [-0.39, 0.29) is 23.3 Å². The Kier molecular flexibility index (Phi) is 5.65. The molecule has 0 radical (unpaired) electrons. The molecule has 2 N–H and O–H groups in total. The van der Waals surface area contributed by atoms with Crippen LogP contribution in [0.4, 0.5) is 9.18 Å². The molecule has 1 amide bonds. The number of aliphatic hydroxyl groups excluding tert-OH is 1. The molecule has 1 fully saturated rings. The van der Waals surface area contributed by atoms with E-state index in [1.54, 1.807) is 35.9 Å². The van der Waals surface area contributed by atoms with Gasteiger partial charge >= 0.3 is 6.09 Å². The van der Waals surface area contributed by atoms with Crippen LogP contribution in [0.3, 0.4) is 0 Å². The number of benzene rings is 2. The Morgan fingerprint density at radius 2 is 2.17 bits per heavy atom. The minimum absolute atomic E-state index is 0.218. The molecule has 1 unspecified atom stereocenters. The molecular weight excluding hydrogens is 413 g/mol. The summed E-state index contributed by atoms with van der Waals surface area (Å²) in [6.07, 6.45) is 1.30. The number of hydrogen-bond donors (Lipinski definition) is 2. The Morgan fingerprint density at radius 3 is 2.87 bits per heavy atom. The van der Waals surface area contributed by atoms with Crippen LogP contribution in [0.2, 0.25) is 5.02 Å². The van der Waals surface area contributed by atoms with Crippen LogP contribution in [0, 0.1) is 5.82 Å². The molecule has 1 saturated carbocycles. The van der Waals surface area contributed by atoms with Crippen LogP contribution >= 0.6 is 11.6 Å². The third-order valence-corrected chi connectivity index (χ3v) is 4.98. The number of ether oxygens (including phenoxy) is 1. The predicted octanol–water partition coefficient (Wildman–Crippen LogP) is 3.47. The monoisotopic (exact) mass is 431 g/mol. The lowest BCUT2D eigenvalue weighted by molar-refractivity contribution is 0.186. The summed E-state index contributed by atoms with van der Waals surface area (Å²) in [5, 5.41) is 23.8. The van der Waals surface area contributed by atoms with Gasteiger partial charge in [0.15, 0.2) is 5.82 Å². The fourth-order valence-corrected chi connectivity index (χ4v) is 3.28. The first-order chi connectivity index (χ1) is 14.4. The standard InChI is InChI=1S/C20H19ClFN5O3/c1-11(10-28)23-20(29)30-16-7-13(17-5-4-14(22)8-18(17)21)6-15(9-16)27-19(12-2-3-12)24-25-26-27/h4-9,11-12,28H,2-3,10H2,1H3,(H,23,29). The van der Waals surface area contributed by atoms with Crippen LogP contribution in [0.5, 0.6) is 5.75 Å². The topological polar surface area (TPSA) is 102 Å². The van der Waals surface area contributed by atoms with E-state index in [4.69, 9.17) is 21.4 Å². The summed E-state index contributed by atoms with van der Waals surface area (Å²) in [5.74, 6) is 0.783. The number of halogens is 2. The van der Waals surface area contributed by atoms with Crippen molar-refractivity contribution < 1.29 is 19.0 Å². The van der Waals surface area contributed by atoms with Gasteiger partial charge in [-0.2, -0.15) is 4.68 Å². The number of nitrogens with one attached hydrogen (secondary N) is 1. The SMILES string of the molecule is CC(CO)NC(=O)Oc1cc(-c2ccc(F)cc2Cl)cc(-n2nnnc2C2CC2)c1. The minimum Gasteiger partial charge on any atom is -0.410 e. The third kappa shape index (κ3) is 4.42. The van der Waals surface area contributed by atoms with Crippen molar-refractivity contribution in [1.82, 2.24) is 25.5 Å². The van der Waals surface area contributed by atoms with Crippen LogP contribution in [0.15, 0.2) is 36.4 Å². The minimum atomic E-state index is -0.719. The number of tetrazole rings is 1. The van der Waals surface area contributed by atoms with Gasteiger partial charge in [-0.25, -0.2) is 9.18 Å². The van der Waals surface area contributed by atoms with E-state index < -0.39 is 18.0 Å². The van der Waals surface area contributed by atoms with Crippen LogP contribution < -0.4 is 10.1 Å². The predicted molar refractivity (Wildman–Crippen MR) is 107 cm³/mol. The molecule has 3 aromatic rings. The van der Waals surface area contributed by atoms with Crippen molar-refractivity contribution in [3.05, 3.63) is 53.1 Å². The number of aromatic nitrogens is 4. The number of rotatable bonds is 6. The maximum Gasteiger partial charge on any atom is 0.412 e. The van der Waals surface area contributed by atoms with Gasteiger partial charge in [0.2, 0.25) is 0 Å². The summed E-state index contributed by atoms with van der Waals surface area (Å²) in [4.78, 5) is 12.2. The summed E-state index contributed by atoms with van der Waals surface area (Å²) in [7, 11) is 0. The van der Waals surface area contributed by atoms with E-state index in [9.17, 15) is 9.18 Å². The average Bonchev–Trinajstić information content (AvgIpc) is 3.43. The van der Waals surface area contributed by atoms with Gasteiger partial charge in [0.05, 0.1) is 23.4 Å². The van der Waals surface area contributed by atoms with Gasteiger partial charge < -0.3 is 15.2 Å². The number of hydrogen-bond acceptors (Lipinski definition) is 6. The lowest BCUT2D eigenvalue weighted by Gasteiger charge is -2.14. The van der Waals surface area contributed by atoms with Crippen molar-refractivity contribution in [3.8, 4) is 22.6 Å². The number of carbonyl (C=O) groups excluding carboxylic acids is 1. The van der Waals surface area contributed by atoms with E-state index in [1.165, 1.54) is 12.1 Å². The first-order valence-corrected chi connectivity index (χ1v) is 9.80. The van der Waals surface area contributed by atoms with E-state index in [1.807, 2.05) is 0 Å². The maximum atomic E-state index is 13.5. The summed E-state index contributed by atoms with van der Waals surface area (Å²) >= 11 is 6.24. The molecule has 4 rings (SSSR count). The number of carbonyl (C=O) groups is 1. The zero-order valence-corrected chi connectivity index (χ0v) is 16.8. The summed E-state index contributed by atoms with van der Waals surface area (Å²) in [6, 6.07) is 8.65. The molecule has 1 aliphatic rings. The Labute approximate surface area is 176 Å². The molecule has 0 spiro atoms. The summed E-state index contributed by atoms with van der Waals surface area (Å²) < 4.78 is 20.5. The first-order valence-electron chi connectivity index (χ1n) is 9.43. The van der Waals surface area contributed by atoms with Crippen molar-refractivity contribution in [2.24, 2.45) is 0 Å². The lowest BCUT2D eigenvalue weighted by atomic mass is 10.0. The molecule has 1 atom stereocenters. The lowest BCUT2D eigenvalue weighted by Crippen LogP contribution is -2.37. The number of nitrogens with zero attached hydrogens (tertiary/aromatic N) is 4. The second kappa shape index (κ2) is 8.37. The van der Waals surface area contributed by atoms with E-state index in [0.717, 1.165) is 18.7 Å². The highest BCUT2D eigenvalue weighted by Crippen LogP contribution is 2.40. The fraction of sp³-hybridized carbons (Fsp3) is 0.300. The summed E-state index contributed by atoms with van der Waals surface area (Å²) in [5.41, 5.74) is 1.75. The third-order valence-electron chi connectivity index (χ3n) is 4.66. The molecule has 0 aliphatic heterocycles. The Hall–Kier alpha value is -3.04. The second-order valence-electron chi connectivity index (χ2n) is 7.18. The summed E-state index contributed by atoms with van der Waals surface area (Å²) in [6.45, 7) is 1.42. The molecule has 30 heavy (non-hydrogen) atoms. The molecule has 2 aromatic carbocycles. The molecular formula is C20H19ClFN5O3. The molecule has 0 saturated heterocycles. The molecule has 0 bridgehead atoms. The zero-order valence-electron chi connectivity index (χ0n) is 16.0. The maximum absolute atomic E-state index is 13.5. The number of amides is 1. The average molecular weight is 432 g/mol. The smallest absolute Gasteiger partial charge is 0.410 e. The highest BCUT2D eigenvalue weighted by atomic mass is 35.5. The Morgan fingerprint density at radius 1 is 1.37 bits per heavy atom. The van der Waals surface area contributed by atoms with Crippen molar-refractivity contribution in [2.75, 3.05) is 6.61 Å². The fourth-order valence-electron chi connectivity index (χ4n) is 3.00. The molecule has 1 aliphatic carbocycles. The van der Waals surface area contributed by atoms with Gasteiger partial charge in [-0.3, -0.25) is 0 Å². The highest BCUT2D eigenvalue weighted by Gasteiger charge is 2.30. The van der Waals surface area contributed by atoms with E-state index in [2.05, 4.69) is 20.8 Å². The van der Waals surface area contributed by atoms with Crippen molar-refractivity contribution in [1.29, 1.82) is 0 Å². The van der Waals surface area contributed by atoms with Gasteiger partial charge in [0, 0.05) is 17.5 Å².